The van der Waals surface area contributed by atoms with Crippen molar-refractivity contribution < 1.29 is 4.79 Å². The monoisotopic (exact) mass is 317 g/mol. The summed E-state index contributed by atoms with van der Waals surface area (Å²) >= 11 is 1.82. The van der Waals surface area contributed by atoms with Crippen LogP contribution in [0.2, 0.25) is 0 Å². The summed E-state index contributed by atoms with van der Waals surface area (Å²) in [6.45, 7) is 2.13. The molecule has 4 nitrogen and oxygen atoms in total. The van der Waals surface area contributed by atoms with E-state index in [0.29, 0.717) is 6.04 Å². The molecule has 2 aromatic heterocycles. The van der Waals surface area contributed by atoms with Crippen LogP contribution in [0.4, 0.5) is 0 Å². The second-order valence-electron chi connectivity index (χ2n) is 5.84. The van der Waals surface area contributed by atoms with Gasteiger partial charge in [0.25, 0.3) is 5.91 Å². The van der Waals surface area contributed by atoms with Crippen LogP contribution in [0.25, 0.3) is 0 Å². The summed E-state index contributed by atoms with van der Waals surface area (Å²) in [5, 5.41) is 4.85. The van der Waals surface area contributed by atoms with Crippen LogP contribution >= 0.6 is 11.3 Å². The highest BCUT2D eigenvalue weighted by Gasteiger charge is 2.27. The Morgan fingerprint density at radius 2 is 2.23 bits per heavy atom. The van der Waals surface area contributed by atoms with Crippen LogP contribution < -0.4 is 5.32 Å². The number of amides is 1. The molecule has 1 aliphatic rings. The summed E-state index contributed by atoms with van der Waals surface area (Å²) in [5.74, 6) is -0.0191. The van der Waals surface area contributed by atoms with Crippen LogP contribution in [0.15, 0.2) is 29.6 Å². The topological polar surface area (TPSA) is 37.3 Å². The maximum absolute atomic E-state index is 11.9. The lowest BCUT2D eigenvalue weighted by Gasteiger charge is -2.36. The van der Waals surface area contributed by atoms with Gasteiger partial charge in [-0.25, -0.2) is 0 Å². The van der Waals surface area contributed by atoms with E-state index >= 15 is 0 Å². The third-order valence-electron chi connectivity index (χ3n) is 4.51. The van der Waals surface area contributed by atoms with E-state index in [1.54, 1.807) is 7.05 Å². The Labute approximate surface area is 135 Å². The lowest BCUT2D eigenvalue weighted by molar-refractivity contribution is 0.0952. The van der Waals surface area contributed by atoms with Crippen molar-refractivity contribution in [3.8, 4) is 0 Å². The maximum atomic E-state index is 11.9. The molecule has 1 atom stereocenters. The molecule has 0 saturated carbocycles. The van der Waals surface area contributed by atoms with Crippen LogP contribution in [-0.2, 0) is 13.6 Å². The van der Waals surface area contributed by atoms with Crippen molar-refractivity contribution in [2.45, 2.75) is 31.8 Å². The van der Waals surface area contributed by atoms with Gasteiger partial charge in [0.1, 0.15) is 5.69 Å². The lowest BCUT2D eigenvalue weighted by atomic mass is 9.99. The molecular weight excluding hydrogens is 294 g/mol. The number of carbonyl (C=O) groups is 1. The Balaban J connectivity index is 1.84. The average molecular weight is 317 g/mol. The van der Waals surface area contributed by atoms with E-state index in [1.807, 2.05) is 24.5 Å². The molecular formula is C17H23N3OS. The van der Waals surface area contributed by atoms with Crippen molar-refractivity contribution in [3.63, 3.8) is 0 Å². The Hall–Kier alpha value is -1.59. The number of thiophene rings is 1. The number of rotatable bonds is 4. The maximum Gasteiger partial charge on any atom is 0.267 e. The molecule has 1 aliphatic heterocycles. The lowest BCUT2D eigenvalue weighted by Crippen LogP contribution is -2.34. The minimum absolute atomic E-state index is 0.0191. The summed E-state index contributed by atoms with van der Waals surface area (Å²) in [6, 6.07) is 8.77. The first kappa shape index (κ1) is 15.3. The number of aromatic nitrogens is 1. The normalized spacial score (nSPS) is 19.3. The third kappa shape index (κ3) is 2.96. The fourth-order valence-corrected chi connectivity index (χ4v) is 4.07. The first-order valence-electron chi connectivity index (χ1n) is 7.85. The van der Waals surface area contributed by atoms with Gasteiger partial charge in [-0.2, -0.15) is 0 Å². The number of carbonyl (C=O) groups excluding carboxylic acids is 1. The van der Waals surface area contributed by atoms with Crippen LogP contribution in [0.5, 0.6) is 0 Å². The molecule has 1 amide bonds. The van der Waals surface area contributed by atoms with Gasteiger partial charge >= 0.3 is 0 Å². The van der Waals surface area contributed by atoms with Gasteiger partial charge in [-0.05, 0) is 43.0 Å². The van der Waals surface area contributed by atoms with E-state index < -0.39 is 0 Å². The Morgan fingerprint density at radius 1 is 1.36 bits per heavy atom. The standard InChI is InChI=1S/C17H23N3OS/c1-18-17(21)16-9-8-14(19(16)2)15-7-3-4-10-20(15)12-13-6-5-11-22-13/h5-6,8-9,11,15H,3-4,7,10,12H2,1-2H3,(H,18,21)/t15-/m1/s1. The molecule has 0 unspecified atom stereocenters. The van der Waals surface area contributed by atoms with E-state index in [0.717, 1.165) is 25.2 Å². The summed E-state index contributed by atoms with van der Waals surface area (Å²) in [7, 11) is 3.68. The molecule has 22 heavy (non-hydrogen) atoms. The number of hydrogen-bond donors (Lipinski definition) is 1. The minimum atomic E-state index is -0.0191. The van der Waals surface area contributed by atoms with Crippen molar-refractivity contribution in [3.05, 3.63) is 45.9 Å². The molecule has 3 rings (SSSR count). The summed E-state index contributed by atoms with van der Waals surface area (Å²) in [4.78, 5) is 15.9. The van der Waals surface area contributed by atoms with E-state index in [2.05, 4.69) is 38.4 Å². The Morgan fingerprint density at radius 3 is 2.95 bits per heavy atom. The van der Waals surface area contributed by atoms with E-state index in [9.17, 15) is 4.79 Å². The van der Waals surface area contributed by atoms with E-state index in [4.69, 9.17) is 0 Å². The van der Waals surface area contributed by atoms with Crippen LogP contribution in [-0.4, -0.2) is 29.0 Å². The number of piperidine rings is 1. The summed E-state index contributed by atoms with van der Waals surface area (Å²) in [6.07, 6.45) is 3.68. The second-order valence-corrected chi connectivity index (χ2v) is 6.88. The van der Waals surface area contributed by atoms with Gasteiger partial charge < -0.3 is 9.88 Å². The van der Waals surface area contributed by atoms with Crippen molar-refractivity contribution in [2.75, 3.05) is 13.6 Å². The van der Waals surface area contributed by atoms with Gasteiger partial charge in [0.2, 0.25) is 0 Å². The third-order valence-corrected chi connectivity index (χ3v) is 5.38. The first-order chi connectivity index (χ1) is 10.7. The highest BCUT2D eigenvalue weighted by atomic mass is 32.1. The largest absolute Gasteiger partial charge is 0.354 e. The fourth-order valence-electron chi connectivity index (χ4n) is 3.34. The highest BCUT2D eigenvalue weighted by molar-refractivity contribution is 7.09. The number of nitrogens with one attached hydrogen (secondary N) is 1. The van der Waals surface area contributed by atoms with Crippen molar-refractivity contribution >= 4 is 17.2 Å². The van der Waals surface area contributed by atoms with Gasteiger partial charge in [-0.15, -0.1) is 11.3 Å². The molecule has 1 N–H and O–H groups in total. The summed E-state index contributed by atoms with van der Waals surface area (Å²) in [5.41, 5.74) is 1.98. The predicted octanol–water partition coefficient (Wildman–Crippen LogP) is 3.17. The SMILES string of the molecule is CNC(=O)c1ccc([C@H]2CCCCN2Cc2cccs2)n1C. The van der Waals surface area contributed by atoms with Crippen LogP contribution in [0, 0.1) is 0 Å². The van der Waals surface area contributed by atoms with Crippen LogP contribution in [0.1, 0.15) is 46.4 Å². The molecule has 0 aliphatic carbocycles. The number of hydrogen-bond acceptors (Lipinski definition) is 3. The molecule has 118 valence electrons. The number of likely N-dealkylation sites (tertiary alicyclic amines) is 1. The Bertz CT molecular complexity index is 632. The molecule has 1 fully saturated rings. The molecule has 0 spiro atoms. The zero-order valence-corrected chi connectivity index (χ0v) is 14.0. The zero-order valence-electron chi connectivity index (χ0n) is 13.2. The van der Waals surface area contributed by atoms with Gasteiger partial charge in [-0.1, -0.05) is 12.5 Å². The minimum Gasteiger partial charge on any atom is -0.354 e. The Kier molecular flexibility index (Phi) is 4.64. The van der Waals surface area contributed by atoms with Gasteiger partial charge in [0, 0.05) is 31.2 Å². The molecule has 3 heterocycles. The highest BCUT2D eigenvalue weighted by Crippen LogP contribution is 2.33. The number of nitrogens with zero attached hydrogens (tertiary/aromatic N) is 2. The summed E-state index contributed by atoms with van der Waals surface area (Å²) < 4.78 is 2.05. The second kappa shape index (κ2) is 6.67. The molecule has 0 bridgehead atoms. The van der Waals surface area contributed by atoms with Gasteiger partial charge in [0.05, 0.1) is 6.04 Å². The molecule has 5 heteroatoms. The first-order valence-corrected chi connectivity index (χ1v) is 8.73. The van der Waals surface area contributed by atoms with Crippen molar-refractivity contribution in [1.82, 2.24) is 14.8 Å². The molecule has 0 aromatic carbocycles. The predicted molar refractivity (Wildman–Crippen MR) is 90.1 cm³/mol. The van der Waals surface area contributed by atoms with E-state index in [1.165, 1.54) is 23.4 Å². The van der Waals surface area contributed by atoms with Gasteiger partial charge in [-0.3, -0.25) is 9.69 Å². The average Bonchev–Trinajstić information content (AvgIpc) is 3.17. The zero-order chi connectivity index (χ0) is 15.5. The molecule has 1 saturated heterocycles. The molecule has 0 radical (unpaired) electrons. The smallest absolute Gasteiger partial charge is 0.267 e. The van der Waals surface area contributed by atoms with Crippen molar-refractivity contribution in [2.24, 2.45) is 7.05 Å². The fraction of sp³-hybridized carbons (Fsp3) is 0.471. The van der Waals surface area contributed by atoms with E-state index in [-0.39, 0.29) is 5.91 Å². The quantitative estimate of drug-likeness (QED) is 0.940. The van der Waals surface area contributed by atoms with Gasteiger partial charge in [0.15, 0.2) is 0 Å². The van der Waals surface area contributed by atoms with Crippen molar-refractivity contribution in [1.29, 1.82) is 0 Å². The van der Waals surface area contributed by atoms with Crippen LogP contribution in [0.3, 0.4) is 0 Å². The molecule has 2 aromatic rings.